The molecule has 5 heavy (non-hydrogen) atoms. The fourth-order valence-electron chi connectivity index (χ4n) is 0. The third kappa shape index (κ3) is 249. The Kier molecular flexibility index (Phi) is 102. The van der Waals surface area contributed by atoms with Gasteiger partial charge >= 0.3 is 0 Å². The van der Waals surface area contributed by atoms with Crippen LogP contribution in [0, 0.1) is 11.5 Å². The van der Waals surface area contributed by atoms with Crippen molar-refractivity contribution in [1.29, 1.82) is 5.26 Å². The van der Waals surface area contributed by atoms with Crippen molar-refractivity contribution in [3.63, 3.8) is 0 Å². The molecule has 0 saturated heterocycles. The molecule has 0 heterocycles. The molecule has 0 amide bonds. The van der Waals surface area contributed by atoms with Crippen LogP contribution in [0.1, 0.15) is 0 Å². The molecule has 1 N–H and O–H groups in total. The Morgan fingerprint density at radius 1 is 1.40 bits per heavy atom. The van der Waals surface area contributed by atoms with Gasteiger partial charge in [0.05, 0.1) is 0 Å². The normalized spacial score (nSPS) is 1.40. The zero-order chi connectivity index (χ0) is 2.71. The molecular formula is CHCo2NO. The van der Waals surface area contributed by atoms with Gasteiger partial charge in [-0.2, -0.15) is 5.26 Å². The van der Waals surface area contributed by atoms with Crippen molar-refractivity contribution in [3.8, 4) is 6.26 Å². The predicted molar refractivity (Wildman–Crippen MR) is 7.55 cm³/mol. The molecule has 0 aromatic rings. The summed E-state index contributed by atoms with van der Waals surface area (Å²) in [4.78, 5) is 0. The number of hydrogen-bond donors (Lipinski definition) is 1. The average Bonchev–Trinajstić information content (AvgIpc) is 0.918. The Hall–Kier alpha value is 0.303. The van der Waals surface area contributed by atoms with Gasteiger partial charge in [0.2, 0.25) is 0 Å². The number of rotatable bonds is 0. The maximum atomic E-state index is 6.88. The second kappa shape index (κ2) is 27.7. The van der Waals surface area contributed by atoms with Gasteiger partial charge in [0, 0.05) is 33.6 Å². The van der Waals surface area contributed by atoms with Crippen molar-refractivity contribution in [2.75, 3.05) is 0 Å². The van der Waals surface area contributed by atoms with Crippen molar-refractivity contribution < 1.29 is 38.7 Å². The third-order valence-electron chi connectivity index (χ3n) is 0. The molecule has 4 heteroatoms. The van der Waals surface area contributed by atoms with E-state index in [0.29, 0.717) is 0 Å². The van der Waals surface area contributed by atoms with Crippen LogP contribution in [-0.4, -0.2) is 5.11 Å². The van der Waals surface area contributed by atoms with Crippen molar-refractivity contribution in [2.45, 2.75) is 0 Å². The molecule has 0 spiro atoms. The standard InChI is InChI=1S/CHNO.2Co/c2-1-3;;/h3H;;. The van der Waals surface area contributed by atoms with E-state index in [4.69, 9.17) is 10.4 Å². The van der Waals surface area contributed by atoms with E-state index >= 15 is 0 Å². The molecule has 2 nitrogen and oxygen atoms in total. The van der Waals surface area contributed by atoms with Gasteiger partial charge in [-0.15, -0.1) is 0 Å². The first kappa shape index (κ1) is 18.5. The summed E-state index contributed by atoms with van der Waals surface area (Å²) in [5, 5.41) is 13.8. The van der Waals surface area contributed by atoms with E-state index in [1.807, 2.05) is 0 Å². The number of aliphatic hydroxyl groups excluding tert-OH is 1. The smallest absolute Gasteiger partial charge is 0.283 e. The van der Waals surface area contributed by atoms with Crippen LogP contribution in [0.15, 0.2) is 0 Å². The fraction of sp³-hybridized carbons (Fsp3) is 0. The molecule has 0 unspecified atom stereocenters. The largest absolute Gasteiger partial charge is 0.443 e. The minimum atomic E-state index is 0. The first-order chi connectivity index (χ1) is 1.41. The van der Waals surface area contributed by atoms with E-state index in [1.165, 1.54) is 0 Å². The van der Waals surface area contributed by atoms with Gasteiger partial charge in [0.1, 0.15) is 0 Å². The Morgan fingerprint density at radius 3 is 1.40 bits per heavy atom. The minimum absolute atomic E-state index is 0. The predicted octanol–water partition coefficient (Wildman–Crippen LogP) is -0.165. The number of aliphatic hydroxyl groups is 1. The van der Waals surface area contributed by atoms with Gasteiger partial charge in [-0.05, 0) is 0 Å². The van der Waals surface area contributed by atoms with Crippen molar-refractivity contribution in [2.24, 2.45) is 0 Å². The second-order valence-corrected chi connectivity index (χ2v) is 0.100. The van der Waals surface area contributed by atoms with Crippen LogP contribution in [-0.2, 0) is 33.6 Å². The zero-order valence-electron chi connectivity index (χ0n) is 2.06. The Balaban J connectivity index is -0.0000000200. The van der Waals surface area contributed by atoms with E-state index in [-0.39, 0.29) is 33.6 Å². The minimum Gasteiger partial charge on any atom is -0.443 e. The van der Waals surface area contributed by atoms with Gasteiger partial charge in [-0.1, -0.05) is 0 Å². The molecule has 34 valence electrons. The molecule has 0 rings (SSSR count). The first-order valence-electron chi connectivity index (χ1n) is 0.447. The summed E-state index contributed by atoms with van der Waals surface area (Å²) in [5.74, 6) is 0. The van der Waals surface area contributed by atoms with Gasteiger partial charge in [-0.3, -0.25) is 0 Å². The van der Waals surface area contributed by atoms with Crippen molar-refractivity contribution >= 4 is 0 Å². The molecule has 0 aliphatic rings. The van der Waals surface area contributed by atoms with Crippen molar-refractivity contribution in [3.05, 3.63) is 0 Å². The van der Waals surface area contributed by atoms with Crippen LogP contribution in [0.2, 0.25) is 0 Å². The number of nitrogens with zero attached hydrogens (tertiary/aromatic N) is 1. The molecule has 0 bridgehead atoms. The maximum absolute atomic E-state index is 6.88. The Bertz CT molecular complexity index is 31.1. The van der Waals surface area contributed by atoms with Crippen molar-refractivity contribution in [1.82, 2.24) is 0 Å². The summed E-state index contributed by atoms with van der Waals surface area (Å²) in [6.45, 7) is 0. The van der Waals surface area contributed by atoms with E-state index < -0.39 is 0 Å². The molecule has 0 aliphatic heterocycles. The fourth-order valence-corrected chi connectivity index (χ4v) is 0. The average molecular weight is 161 g/mol. The summed E-state index contributed by atoms with van der Waals surface area (Å²) in [5.41, 5.74) is 0. The second-order valence-electron chi connectivity index (χ2n) is 0.100. The van der Waals surface area contributed by atoms with E-state index in [1.54, 1.807) is 0 Å². The molecule has 0 saturated carbocycles. The van der Waals surface area contributed by atoms with E-state index in [9.17, 15) is 0 Å². The summed E-state index contributed by atoms with van der Waals surface area (Å²) in [6, 6.07) is 0. The molecular weight excluding hydrogens is 160 g/mol. The van der Waals surface area contributed by atoms with Crippen LogP contribution in [0.25, 0.3) is 0 Å². The SMILES string of the molecule is N#CO.[Co].[Co]. The summed E-state index contributed by atoms with van der Waals surface area (Å²) in [6.07, 6.45) is 0.750. The van der Waals surface area contributed by atoms with Gasteiger partial charge in [0.15, 0.2) is 0 Å². The third-order valence-corrected chi connectivity index (χ3v) is 0. The van der Waals surface area contributed by atoms with Gasteiger partial charge in [0.25, 0.3) is 6.26 Å². The quantitative estimate of drug-likeness (QED) is 0.501. The Morgan fingerprint density at radius 2 is 1.40 bits per heavy atom. The van der Waals surface area contributed by atoms with Crippen LogP contribution in [0.5, 0.6) is 0 Å². The number of nitriles is 1. The summed E-state index contributed by atoms with van der Waals surface area (Å²) in [7, 11) is 0. The topological polar surface area (TPSA) is 44.0 Å². The number of hydrogen-bond acceptors (Lipinski definition) is 2. The molecule has 2 radical (unpaired) electrons. The summed E-state index contributed by atoms with van der Waals surface area (Å²) >= 11 is 0. The Labute approximate surface area is 50.6 Å². The molecule has 0 aromatic heterocycles. The van der Waals surface area contributed by atoms with Crippen LogP contribution < -0.4 is 0 Å². The van der Waals surface area contributed by atoms with Crippen LogP contribution in [0.3, 0.4) is 0 Å². The molecule has 0 aromatic carbocycles. The van der Waals surface area contributed by atoms with E-state index in [0.717, 1.165) is 6.26 Å². The monoisotopic (exact) mass is 161 g/mol. The maximum Gasteiger partial charge on any atom is 0.283 e. The van der Waals surface area contributed by atoms with Crippen LogP contribution >= 0.6 is 0 Å². The molecule has 0 aliphatic carbocycles. The summed E-state index contributed by atoms with van der Waals surface area (Å²) < 4.78 is 0. The van der Waals surface area contributed by atoms with Gasteiger partial charge < -0.3 is 5.11 Å². The van der Waals surface area contributed by atoms with Gasteiger partial charge in [-0.25, -0.2) is 0 Å². The molecule has 0 fully saturated rings. The zero-order valence-corrected chi connectivity index (χ0v) is 4.14. The first-order valence-corrected chi connectivity index (χ1v) is 0.447. The molecule has 0 atom stereocenters. The van der Waals surface area contributed by atoms with Crippen LogP contribution in [0.4, 0.5) is 0 Å². The van der Waals surface area contributed by atoms with E-state index in [2.05, 4.69) is 0 Å².